The Morgan fingerprint density at radius 3 is 2.44 bits per heavy atom. The van der Waals surface area contributed by atoms with Gasteiger partial charge in [0.2, 0.25) is 0 Å². The summed E-state index contributed by atoms with van der Waals surface area (Å²) in [4.78, 5) is 8.82. The highest BCUT2D eigenvalue weighted by Gasteiger charge is 2.29. The molecule has 130 valence electrons. The van der Waals surface area contributed by atoms with Gasteiger partial charge in [0.15, 0.2) is 5.82 Å². The number of alkyl halides is 3. The van der Waals surface area contributed by atoms with Gasteiger partial charge in [0, 0.05) is 22.7 Å². The molecule has 0 unspecified atom stereocenters. The van der Waals surface area contributed by atoms with Gasteiger partial charge in [-0.3, -0.25) is 0 Å². The number of halogens is 4. The number of aromatic nitrogens is 2. The van der Waals surface area contributed by atoms with E-state index >= 15 is 0 Å². The van der Waals surface area contributed by atoms with Crippen molar-refractivity contribution in [2.45, 2.75) is 12.8 Å². The van der Waals surface area contributed by atoms with Gasteiger partial charge in [0.25, 0.3) is 0 Å². The summed E-state index contributed by atoms with van der Waals surface area (Å²) < 4.78 is 44.0. The minimum atomic E-state index is -4.36. The highest BCUT2D eigenvalue weighted by Crippen LogP contribution is 2.31. The highest BCUT2D eigenvalue weighted by atomic mass is 79.9. The van der Waals surface area contributed by atoms with Crippen molar-refractivity contribution in [1.29, 1.82) is 0 Å². The first-order chi connectivity index (χ1) is 11.9. The van der Waals surface area contributed by atoms with Crippen LogP contribution in [0.25, 0.3) is 10.9 Å². The van der Waals surface area contributed by atoms with E-state index in [1.54, 1.807) is 0 Å². The number of benzene rings is 2. The molecule has 0 aliphatic carbocycles. The maximum absolute atomic E-state index is 12.7. The van der Waals surface area contributed by atoms with Gasteiger partial charge in [0.1, 0.15) is 12.4 Å². The maximum atomic E-state index is 12.7. The molecule has 8 heteroatoms. The van der Waals surface area contributed by atoms with Crippen LogP contribution in [0.3, 0.4) is 0 Å². The van der Waals surface area contributed by atoms with Gasteiger partial charge in [-0.15, -0.1) is 0 Å². The molecule has 1 heterocycles. The average Bonchev–Trinajstić information content (AvgIpc) is 2.54. The molecule has 3 rings (SSSR count). The summed E-state index contributed by atoms with van der Waals surface area (Å²) in [5, 5.41) is 3.81. The number of nitrogens with zero attached hydrogens (tertiary/aromatic N) is 2. The van der Waals surface area contributed by atoms with Crippen LogP contribution in [0.15, 0.2) is 46.9 Å². The van der Waals surface area contributed by atoms with Crippen LogP contribution in [-0.2, 0) is 17.5 Å². The zero-order chi connectivity index (χ0) is 18.0. The number of fused-ring (bicyclic) bond motifs is 1. The fourth-order valence-electron chi connectivity index (χ4n) is 2.32. The molecular weight excluding hydrogens is 399 g/mol. The van der Waals surface area contributed by atoms with E-state index in [1.165, 1.54) is 19.2 Å². The molecule has 4 nitrogen and oxygen atoms in total. The van der Waals surface area contributed by atoms with Crippen LogP contribution in [-0.4, -0.2) is 17.1 Å². The Morgan fingerprint density at radius 1 is 1.08 bits per heavy atom. The number of anilines is 2. The van der Waals surface area contributed by atoms with Crippen LogP contribution in [0.2, 0.25) is 0 Å². The lowest BCUT2D eigenvalue weighted by molar-refractivity contribution is -0.137. The van der Waals surface area contributed by atoms with E-state index in [9.17, 15) is 13.2 Å². The molecule has 0 spiro atoms. The van der Waals surface area contributed by atoms with E-state index in [0.29, 0.717) is 22.8 Å². The Hall–Kier alpha value is -2.19. The molecule has 0 radical (unpaired) electrons. The second-order valence-corrected chi connectivity index (χ2v) is 6.20. The van der Waals surface area contributed by atoms with Crippen molar-refractivity contribution in [2.24, 2.45) is 0 Å². The van der Waals surface area contributed by atoms with Gasteiger partial charge in [0.05, 0.1) is 11.1 Å². The van der Waals surface area contributed by atoms with Crippen molar-refractivity contribution in [3.05, 3.63) is 58.3 Å². The SMILES string of the molecule is COCc1nc(Nc2ccc(C(F)(F)F)cc2)c2ccc(Br)cc2n1. The van der Waals surface area contributed by atoms with Gasteiger partial charge < -0.3 is 10.1 Å². The van der Waals surface area contributed by atoms with Gasteiger partial charge >= 0.3 is 6.18 Å². The number of ether oxygens (including phenoxy) is 1. The predicted molar refractivity (Wildman–Crippen MR) is 92.7 cm³/mol. The second-order valence-electron chi connectivity index (χ2n) is 5.28. The predicted octanol–water partition coefficient (Wildman–Crippen LogP) is 5.30. The molecule has 0 aliphatic rings. The first-order valence-corrected chi connectivity index (χ1v) is 8.05. The molecule has 1 N–H and O–H groups in total. The van der Waals surface area contributed by atoms with Crippen molar-refractivity contribution >= 4 is 38.3 Å². The number of rotatable bonds is 4. The van der Waals surface area contributed by atoms with Crippen molar-refractivity contribution < 1.29 is 17.9 Å². The van der Waals surface area contributed by atoms with E-state index in [0.717, 1.165) is 22.0 Å². The van der Waals surface area contributed by atoms with Crippen molar-refractivity contribution in [3.8, 4) is 0 Å². The molecule has 0 bridgehead atoms. The van der Waals surface area contributed by atoms with E-state index < -0.39 is 11.7 Å². The Kier molecular flexibility index (Phi) is 4.91. The third kappa shape index (κ3) is 4.08. The first kappa shape index (κ1) is 17.6. The van der Waals surface area contributed by atoms with Crippen LogP contribution >= 0.6 is 15.9 Å². The summed E-state index contributed by atoms with van der Waals surface area (Å²) in [6.07, 6.45) is -4.36. The zero-order valence-electron chi connectivity index (χ0n) is 13.1. The van der Waals surface area contributed by atoms with Gasteiger partial charge in [-0.05, 0) is 42.5 Å². The lowest BCUT2D eigenvalue weighted by atomic mass is 10.2. The van der Waals surface area contributed by atoms with E-state index in [-0.39, 0.29) is 6.61 Å². The number of hydrogen-bond donors (Lipinski definition) is 1. The zero-order valence-corrected chi connectivity index (χ0v) is 14.6. The molecule has 1 aromatic heterocycles. The van der Waals surface area contributed by atoms with Crippen LogP contribution in [0.4, 0.5) is 24.7 Å². The number of nitrogens with one attached hydrogen (secondary N) is 1. The fraction of sp³-hybridized carbons (Fsp3) is 0.176. The smallest absolute Gasteiger partial charge is 0.377 e. The van der Waals surface area contributed by atoms with Crippen molar-refractivity contribution in [3.63, 3.8) is 0 Å². The molecule has 0 saturated heterocycles. The van der Waals surface area contributed by atoms with Crippen LogP contribution in [0, 0.1) is 0 Å². The van der Waals surface area contributed by atoms with Crippen LogP contribution in [0.5, 0.6) is 0 Å². The lowest BCUT2D eigenvalue weighted by Gasteiger charge is -2.12. The Morgan fingerprint density at radius 2 is 1.80 bits per heavy atom. The first-order valence-electron chi connectivity index (χ1n) is 7.26. The van der Waals surface area contributed by atoms with Crippen LogP contribution < -0.4 is 5.32 Å². The summed E-state index contributed by atoms with van der Waals surface area (Å²) in [7, 11) is 1.54. The third-order valence-corrected chi connectivity index (χ3v) is 3.95. The normalized spacial score (nSPS) is 11.7. The molecule has 2 aromatic carbocycles. The van der Waals surface area contributed by atoms with E-state index in [2.05, 4.69) is 31.2 Å². The molecule has 0 saturated carbocycles. The summed E-state index contributed by atoms with van der Waals surface area (Å²) in [5.41, 5.74) is 0.500. The summed E-state index contributed by atoms with van der Waals surface area (Å²) in [6, 6.07) is 10.3. The van der Waals surface area contributed by atoms with E-state index in [1.807, 2.05) is 18.2 Å². The average molecular weight is 412 g/mol. The maximum Gasteiger partial charge on any atom is 0.416 e. The van der Waals surface area contributed by atoms with Crippen molar-refractivity contribution in [2.75, 3.05) is 12.4 Å². The molecule has 0 atom stereocenters. The standard InChI is InChI=1S/C17H13BrF3N3O/c1-25-9-15-23-14-8-11(18)4-7-13(14)16(24-15)22-12-5-2-10(3-6-12)17(19,20)21/h2-8H,9H2,1H3,(H,22,23,24). The van der Waals surface area contributed by atoms with Gasteiger partial charge in [-0.2, -0.15) is 13.2 Å². The number of hydrogen-bond acceptors (Lipinski definition) is 4. The molecule has 0 aliphatic heterocycles. The molecule has 25 heavy (non-hydrogen) atoms. The Balaban J connectivity index is 1.99. The minimum Gasteiger partial charge on any atom is -0.377 e. The highest BCUT2D eigenvalue weighted by molar-refractivity contribution is 9.10. The Labute approximate surface area is 150 Å². The number of methoxy groups -OCH3 is 1. The third-order valence-electron chi connectivity index (χ3n) is 3.45. The monoisotopic (exact) mass is 411 g/mol. The van der Waals surface area contributed by atoms with Gasteiger partial charge in [-0.25, -0.2) is 9.97 Å². The second kappa shape index (κ2) is 6.97. The molecule has 0 amide bonds. The van der Waals surface area contributed by atoms with Crippen molar-refractivity contribution in [1.82, 2.24) is 9.97 Å². The Bertz CT molecular complexity index is 898. The lowest BCUT2D eigenvalue weighted by Crippen LogP contribution is -2.05. The summed E-state index contributed by atoms with van der Waals surface area (Å²) in [5.74, 6) is 0.979. The quantitative estimate of drug-likeness (QED) is 0.632. The summed E-state index contributed by atoms with van der Waals surface area (Å²) in [6.45, 7) is 0.226. The topological polar surface area (TPSA) is 47.0 Å². The van der Waals surface area contributed by atoms with Crippen LogP contribution in [0.1, 0.15) is 11.4 Å². The van der Waals surface area contributed by atoms with E-state index in [4.69, 9.17) is 4.74 Å². The molecule has 0 fully saturated rings. The van der Waals surface area contributed by atoms with Gasteiger partial charge in [-0.1, -0.05) is 15.9 Å². The summed E-state index contributed by atoms with van der Waals surface area (Å²) >= 11 is 3.40. The largest absolute Gasteiger partial charge is 0.416 e. The minimum absolute atomic E-state index is 0.226. The molecular formula is C17H13BrF3N3O. The molecule has 3 aromatic rings. The fourth-order valence-corrected chi connectivity index (χ4v) is 2.67.